The predicted octanol–water partition coefficient (Wildman–Crippen LogP) is 1.25. The van der Waals surface area contributed by atoms with Crippen LogP contribution in [0.5, 0.6) is 0 Å². The van der Waals surface area contributed by atoms with Gasteiger partial charge in [0.25, 0.3) is 0 Å². The van der Waals surface area contributed by atoms with E-state index in [4.69, 9.17) is 5.84 Å². The molecule has 1 heterocycles. The summed E-state index contributed by atoms with van der Waals surface area (Å²) in [6.45, 7) is 1.72. The van der Waals surface area contributed by atoms with Crippen LogP contribution in [0.2, 0.25) is 0 Å². The average molecular weight is 281 g/mol. The van der Waals surface area contributed by atoms with Gasteiger partial charge in [-0.2, -0.15) is 0 Å². The monoisotopic (exact) mass is 281 g/mol. The molecule has 8 heteroatoms. The Bertz CT molecular complexity index is 571. The number of nitrogens with zero attached hydrogens (tertiary/aromatic N) is 3. The number of hydrogen-bond acceptors (Lipinski definition) is 5. The maximum Gasteiger partial charge on any atom is 0.237 e. The van der Waals surface area contributed by atoms with Gasteiger partial charge in [-0.3, -0.25) is 4.79 Å². The van der Waals surface area contributed by atoms with Gasteiger partial charge in [0.05, 0.1) is 5.25 Å². The van der Waals surface area contributed by atoms with Crippen LogP contribution in [-0.2, 0) is 4.79 Å². The Morgan fingerprint density at radius 1 is 1.47 bits per heavy atom. The Morgan fingerprint density at radius 3 is 2.74 bits per heavy atom. The lowest BCUT2D eigenvalue weighted by Crippen LogP contribution is -2.23. The van der Waals surface area contributed by atoms with Gasteiger partial charge in [-0.25, -0.2) is 9.07 Å². The Kier molecular flexibility index (Phi) is 4.00. The number of amides is 1. The van der Waals surface area contributed by atoms with Crippen LogP contribution in [0.1, 0.15) is 6.92 Å². The van der Waals surface area contributed by atoms with E-state index in [0.717, 1.165) is 0 Å². The molecule has 1 atom stereocenters. The van der Waals surface area contributed by atoms with Gasteiger partial charge >= 0.3 is 0 Å². The second-order valence-corrected chi connectivity index (χ2v) is 5.08. The number of nitrogen functional groups attached to an aromatic ring is 1. The van der Waals surface area contributed by atoms with E-state index in [-0.39, 0.29) is 11.7 Å². The number of aromatic nitrogens is 3. The van der Waals surface area contributed by atoms with Crippen LogP contribution in [0.15, 0.2) is 35.7 Å². The summed E-state index contributed by atoms with van der Waals surface area (Å²) < 4.78 is 14.0. The molecule has 0 saturated heterocycles. The van der Waals surface area contributed by atoms with Crippen molar-refractivity contribution >= 4 is 23.4 Å². The third-order valence-corrected chi connectivity index (χ3v) is 3.37. The van der Waals surface area contributed by atoms with Gasteiger partial charge < -0.3 is 11.2 Å². The molecule has 0 aliphatic rings. The fourth-order valence-electron chi connectivity index (χ4n) is 1.31. The van der Waals surface area contributed by atoms with Crippen molar-refractivity contribution in [1.29, 1.82) is 0 Å². The molecule has 0 fully saturated rings. The molecule has 0 aliphatic carbocycles. The first-order chi connectivity index (χ1) is 9.06. The number of rotatable bonds is 4. The second-order valence-electron chi connectivity index (χ2n) is 3.78. The molecule has 0 unspecified atom stereocenters. The van der Waals surface area contributed by atoms with Gasteiger partial charge in [-0.15, -0.1) is 10.2 Å². The fraction of sp³-hybridized carbons (Fsp3) is 0.182. The minimum atomic E-state index is -0.406. The third-order valence-electron chi connectivity index (χ3n) is 2.30. The van der Waals surface area contributed by atoms with Crippen LogP contribution in [0, 0.1) is 5.82 Å². The zero-order valence-corrected chi connectivity index (χ0v) is 10.9. The largest absolute Gasteiger partial charge is 0.336 e. The lowest BCUT2D eigenvalue weighted by molar-refractivity contribution is -0.115. The summed E-state index contributed by atoms with van der Waals surface area (Å²) in [4.78, 5) is 11.9. The van der Waals surface area contributed by atoms with Crippen molar-refractivity contribution in [2.75, 3.05) is 11.2 Å². The summed E-state index contributed by atoms with van der Waals surface area (Å²) in [6, 6.07) is 5.56. The van der Waals surface area contributed by atoms with E-state index < -0.39 is 5.25 Å². The third kappa shape index (κ3) is 3.44. The highest BCUT2D eigenvalue weighted by molar-refractivity contribution is 8.00. The van der Waals surface area contributed by atoms with Crippen molar-refractivity contribution in [2.45, 2.75) is 17.3 Å². The summed E-state index contributed by atoms with van der Waals surface area (Å²) in [5.74, 6) is 4.98. The summed E-state index contributed by atoms with van der Waals surface area (Å²) in [7, 11) is 0. The van der Waals surface area contributed by atoms with E-state index >= 15 is 0 Å². The molecule has 0 aliphatic heterocycles. The van der Waals surface area contributed by atoms with Crippen LogP contribution in [0.3, 0.4) is 0 Å². The standard InChI is InChI=1S/C11H12FN5OS/c1-7(19-11-16-14-6-17(11)13)10(18)15-9-4-2-8(12)3-5-9/h2-7H,13H2,1H3,(H,15,18)/t7-/m0/s1. The highest BCUT2D eigenvalue weighted by atomic mass is 32.2. The van der Waals surface area contributed by atoms with Crippen LogP contribution in [-0.4, -0.2) is 26.0 Å². The molecule has 0 saturated carbocycles. The van der Waals surface area contributed by atoms with Crippen LogP contribution < -0.4 is 11.2 Å². The van der Waals surface area contributed by atoms with E-state index in [0.29, 0.717) is 10.8 Å². The summed E-state index contributed by atoms with van der Waals surface area (Å²) in [5, 5.41) is 10.1. The number of nitrogens with two attached hydrogens (primary N) is 1. The van der Waals surface area contributed by atoms with Gasteiger partial charge in [0.15, 0.2) is 0 Å². The number of anilines is 1. The topological polar surface area (TPSA) is 85.8 Å². The Hall–Kier alpha value is -2.09. The first-order valence-corrected chi connectivity index (χ1v) is 6.32. The van der Waals surface area contributed by atoms with Gasteiger partial charge in [0.2, 0.25) is 11.1 Å². The predicted molar refractivity (Wildman–Crippen MR) is 70.5 cm³/mol. The molecule has 1 aromatic heterocycles. The Labute approximate surface area is 113 Å². The molecule has 2 aromatic rings. The lowest BCUT2D eigenvalue weighted by atomic mass is 10.3. The number of carbonyl (C=O) groups is 1. The van der Waals surface area contributed by atoms with Gasteiger partial charge in [-0.05, 0) is 31.2 Å². The van der Waals surface area contributed by atoms with Crippen molar-refractivity contribution < 1.29 is 9.18 Å². The van der Waals surface area contributed by atoms with Gasteiger partial charge in [0.1, 0.15) is 12.1 Å². The molecular weight excluding hydrogens is 269 g/mol. The smallest absolute Gasteiger partial charge is 0.237 e. The number of hydrogen-bond donors (Lipinski definition) is 2. The summed E-state index contributed by atoms with van der Waals surface area (Å²) >= 11 is 1.19. The molecule has 2 rings (SSSR count). The summed E-state index contributed by atoms with van der Waals surface area (Å²) in [5.41, 5.74) is 0.535. The maximum absolute atomic E-state index is 12.7. The van der Waals surface area contributed by atoms with Crippen LogP contribution >= 0.6 is 11.8 Å². The molecule has 0 spiro atoms. The molecule has 100 valence electrons. The first kappa shape index (κ1) is 13.3. The van der Waals surface area contributed by atoms with E-state index in [1.807, 2.05) is 0 Å². The Balaban J connectivity index is 1.96. The van der Waals surface area contributed by atoms with Crippen molar-refractivity contribution in [1.82, 2.24) is 14.9 Å². The quantitative estimate of drug-likeness (QED) is 0.650. The van der Waals surface area contributed by atoms with E-state index in [1.165, 1.54) is 47.0 Å². The normalized spacial score (nSPS) is 12.1. The zero-order valence-electron chi connectivity index (χ0n) is 10.1. The van der Waals surface area contributed by atoms with Crippen molar-refractivity contribution in [3.05, 3.63) is 36.4 Å². The van der Waals surface area contributed by atoms with Crippen molar-refractivity contribution in [2.24, 2.45) is 0 Å². The minimum absolute atomic E-state index is 0.223. The van der Waals surface area contributed by atoms with Crippen molar-refractivity contribution in [3.63, 3.8) is 0 Å². The van der Waals surface area contributed by atoms with E-state index in [9.17, 15) is 9.18 Å². The average Bonchev–Trinajstić information content (AvgIpc) is 2.78. The number of benzene rings is 1. The van der Waals surface area contributed by atoms with Gasteiger partial charge in [0, 0.05) is 5.69 Å². The molecule has 1 aromatic carbocycles. The minimum Gasteiger partial charge on any atom is -0.336 e. The van der Waals surface area contributed by atoms with Crippen molar-refractivity contribution in [3.8, 4) is 0 Å². The molecular formula is C11H12FN5OS. The molecule has 6 nitrogen and oxygen atoms in total. The second kappa shape index (κ2) is 5.70. The molecule has 0 radical (unpaired) electrons. The molecule has 0 bridgehead atoms. The molecule has 1 amide bonds. The zero-order chi connectivity index (χ0) is 13.8. The Morgan fingerprint density at radius 2 is 2.16 bits per heavy atom. The molecule has 3 N–H and O–H groups in total. The molecule has 19 heavy (non-hydrogen) atoms. The highest BCUT2D eigenvalue weighted by Crippen LogP contribution is 2.20. The van der Waals surface area contributed by atoms with Gasteiger partial charge in [-0.1, -0.05) is 11.8 Å². The number of halogens is 1. The number of carbonyl (C=O) groups excluding carboxylic acids is 1. The van der Waals surface area contributed by atoms with E-state index in [2.05, 4.69) is 15.5 Å². The van der Waals surface area contributed by atoms with E-state index in [1.54, 1.807) is 6.92 Å². The summed E-state index contributed by atoms with van der Waals surface area (Å²) in [6.07, 6.45) is 1.35. The lowest BCUT2D eigenvalue weighted by Gasteiger charge is -2.11. The SMILES string of the molecule is C[C@H](Sc1nncn1N)C(=O)Nc1ccc(F)cc1. The first-order valence-electron chi connectivity index (χ1n) is 5.44. The maximum atomic E-state index is 12.7. The number of nitrogens with one attached hydrogen (secondary N) is 1. The number of thioether (sulfide) groups is 1. The van der Waals surface area contributed by atoms with Crippen LogP contribution in [0.25, 0.3) is 0 Å². The fourth-order valence-corrected chi connectivity index (χ4v) is 2.05. The van der Waals surface area contributed by atoms with Crippen LogP contribution in [0.4, 0.5) is 10.1 Å². The highest BCUT2D eigenvalue weighted by Gasteiger charge is 2.17.